The monoisotopic (exact) mass is 585 g/mol. The fraction of sp³-hybridized carbons (Fsp3) is 0.545. The molecule has 0 aromatic heterocycles. The van der Waals surface area contributed by atoms with Crippen molar-refractivity contribution in [2.75, 3.05) is 11.9 Å². The van der Waals surface area contributed by atoms with E-state index in [1.165, 1.54) is 0 Å². The van der Waals surface area contributed by atoms with Gasteiger partial charge in [-0.15, -0.1) is 0 Å². The van der Waals surface area contributed by atoms with E-state index >= 15 is 0 Å². The topological polar surface area (TPSA) is 87.7 Å². The number of aryl methyl sites for hydroxylation is 2. The van der Waals surface area contributed by atoms with Crippen LogP contribution in [0.25, 0.3) is 0 Å². The first-order valence-electron chi connectivity index (χ1n) is 14.8. The number of anilines is 1. The molecule has 0 radical (unpaired) electrons. The van der Waals surface area contributed by atoms with Crippen molar-refractivity contribution in [1.29, 1.82) is 0 Å². The third kappa shape index (κ3) is 10.1. The summed E-state index contributed by atoms with van der Waals surface area (Å²) in [5, 5.41) is 6.25. The van der Waals surface area contributed by atoms with Gasteiger partial charge in [0.05, 0.1) is 10.7 Å². The highest BCUT2D eigenvalue weighted by Gasteiger charge is 2.38. The number of halogens is 1. The van der Waals surface area contributed by atoms with Gasteiger partial charge in [0.25, 0.3) is 5.91 Å². The van der Waals surface area contributed by atoms with E-state index in [9.17, 15) is 14.4 Å². The molecule has 0 saturated carbocycles. The maximum Gasteiger partial charge on any atom is 0.408 e. The quantitative estimate of drug-likeness (QED) is 0.234. The summed E-state index contributed by atoms with van der Waals surface area (Å²) in [7, 11) is 0. The second-order valence-corrected chi connectivity index (χ2v) is 12.1. The van der Waals surface area contributed by atoms with Crippen molar-refractivity contribution in [2.45, 2.75) is 105 Å². The highest BCUT2D eigenvalue weighted by Crippen LogP contribution is 2.30. The van der Waals surface area contributed by atoms with Gasteiger partial charge in [-0.05, 0) is 69.2 Å². The van der Waals surface area contributed by atoms with E-state index in [-0.39, 0.29) is 17.7 Å². The number of benzene rings is 2. The number of unbranched alkanes of at least 4 members (excludes halogenated alkanes) is 2. The number of carbonyl (C=O) groups is 3. The summed E-state index contributed by atoms with van der Waals surface area (Å²) in [5.74, 6) is -0.881. The molecular weight excluding hydrogens is 538 g/mol. The summed E-state index contributed by atoms with van der Waals surface area (Å²) >= 11 is 6.47. The summed E-state index contributed by atoms with van der Waals surface area (Å²) < 4.78 is 5.50. The van der Waals surface area contributed by atoms with Crippen molar-refractivity contribution in [3.63, 3.8) is 0 Å². The fourth-order valence-electron chi connectivity index (χ4n) is 4.59. The van der Waals surface area contributed by atoms with Gasteiger partial charge < -0.3 is 20.3 Å². The predicted octanol–water partition coefficient (Wildman–Crippen LogP) is 7.85. The molecule has 2 aromatic rings. The Labute approximate surface area is 251 Å². The number of hydrogen-bond donors (Lipinski definition) is 2. The summed E-state index contributed by atoms with van der Waals surface area (Å²) in [6, 6.07) is 11.4. The molecule has 8 heteroatoms. The number of ether oxygens (including phenoxy) is 1. The van der Waals surface area contributed by atoms with Gasteiger partial charge in [-0.3, -0.25) is 9.59 Å². The zero-order valence-electron chi connectivity index (χ0n) is 26.0. The van der Waals surface area contributed by atoms with Crippen molar-refractivity contribution in [3.8, 4) is 0 Å². The van der Waals surface area contributed by atoms with Crippen LogP contribution < -0.4 is 10.6 Å². The molecular formula is C33H48ClN3O4. The number of hydrogen-bond acceptors (Lipinski definition) is 4. The molecule has 41 heavy (non-hydrogen) atoms. The number of nitrogens with zero attached hydrogens (tertiary/aromatic N) is 1. The Hall–Kier alpha value is -3.06. The van der Waals surface area contributed by atoms with Crippen LogP contribution in [-0.4, -0.2) is 41.0 Å². The smallest absolute Gasteiger partial charge is 0.408 e. The van der Waals surface area contributed by atoms with Crippen molar-refractivity contribution < 1.29 is 19.1 Å². The minimum atomic E-state index is -0.937. The normalized spacial score (nSPS) is 13.6. The average molecular weight is 586 g/mol. The lowest BCUT2D eigenvalue weighted by Gasteiger charge is -2.36. The first-order valence-corrected chi connectivity index (χ1v) is 15.1. The van der Waals surface area contributed by atoms with Gasteiger partial charge in [0.1, 0.15) is 17.7 Å². The number of alkyl carbamates (subject to hydrolysis) is 1. The Morgan fingerprint density at radius 1 is 1.00 bits per heavy atom. The molecule has 3 amide bonds. The third-order valence-corrected chi connectivity index (χ3v) is 7.49. The first-order chi connectivity index (χ1) is 19.3. The molecule has 226 valence electrons. The van der Waals surface area contributed by atoms with Crippen molar-refractivity contribution in [3.05, 3.63) is 64.2 Å². The third-order valence-electron chi connectivity index (χ3n) is 7.17. The SMILES string of the molecule is CCCCCN(C(=O)C(NC(=O)OC(C)(C)C)C(C)CC)C(C(=O)Nc1c(C)cccc1Cl)c1ccc(CC)cc1. The average Bonchev–Trinajstić information content (AvgIpc) is 2.91. The van der Waals surface area contributed by atoms with Crippen molar-refractivity contribution in [1.82, 2.24) is 10.2 Å². The fourth-order valence-corrected chi connectivity index (χ4v) is 4.85. The zero-order chi connectivity index (χ0) is 30.7. The molecule has 0 spiro atoms. The van der Waals surface area contributed by atoms with E-state index in [1.54, 1.807) is 31.7 Å². The minimum absolute atomic E-state index is 0.194. The molecule has 0 bridgehead atoms. The lowest BCUT2D eigenvalue weighted by atomic mass is 9.95. The maximum absolute atomic E-state index is 14.4. The van der Waals surface area contributed by atoms with Crippen LogP contribution in [0.2, 0.25) is 5.02 Å². The lowest BCUT2D eigenvalue weighted by molar-refractivity contribution is -0.142. The van der Waals surface area contributed by atoms with Crippen LogP contribution in [0.3, 0.4) is 0 Å². The van der Waals surface area contributed by atoms with Gasteiger partial charge in [0.15, 0.2) is 0 Å². The molecule has 2 rings (SSSR count). The van der Waals surface area contributed by atoms with E-state index in [0.29, 0.717) is 35.7 Å². The number of carbonyl (C=O) groups excluding carboxylic acids is 3. The minimum Gasteiger partial charge on any atom is -0.444 e. The van der Waals surface area contributed by atoms with Gasteiger partial charge in [-0.25, -0.2) is 4.79 Å². The van der Waals surface area contributed by atoms with E-state index in [4.69, 9.17) is 16.3 Å². The second kappa shape index (κ2) is 15.8. The Balaban J connectivity index is 2.61. The first kappa shape index (κ1) is 34.1. The molecule has 0 saturated heterocycles. The summed E-state index contributed by atoms with van der Waals surface area (Å²) in [6.07, 6.45) is 3.40. The van der Waals surface area contributed by atoms with Crippen LogP contribution in [0.1, 0.15) is 96.9 Å². The summed E-state index contributed by atoms with van der Waals surface area (Å²) in [6.45, 7) is 15.6. The van der Waals surface area contributed by atoms with Gasteiger partial charge in [0, 0.05) is 6.54 Å². The van der Waals surface area contributed by atoms with Crippen molar-refractivity contribution >= 4 is 35.2 Å². The van der Waals surface area contributed by atoms with Gasteiger partial charge >= 0.3 is 6.09 Å². The van der Waals surface area contributed by atoms with Gasteiger partial charge in [-0.2, -0.15) is 0 Å². The van der Waals surface area contributed by atoms with Crippen LogP contribution in [0, 0.1) is 12.8 Å². The number of amides is 3. The number of rotatable bonds is 13. The molecule has 2 aromatic carbocycles. The van der Waals surface area contributed by atoms with Gasteiger partial charge in [0.2, 0.25) is 5.91 Å². The highest BCUT2D eigenvalue weighted by molar-refractivity contribution is 6.34. The predicted molar refractivity (Wildman–Crippen MR) is 167 cm³/mol. The second-order valence-electron chi connectivity index (χ2n) is 11.7. The molecule has 3 atom stereocenters. The van der Waals surface area contributed by atoms with E-state index in [1.807, 2.05) is 57.2 Å². The Bertz CT molecular complexity index is 1140. The Morgan fingerprint density at radius 3 is 2.20 bits per heavy atom. The summed E-state index contributed by atoms with van der Waals surface area (Å²) in [4.78, 5) is 43.0. The van der Waals surface area contributed by atoms with Crippen LogP contribution >= 0.6 is 11.6 Å². The number of nitrogens with one attached hydrogen (secondary N) is 2. The molecule has 2 N–H and O–H groups in total. The summed E-state index contributed by atoms with van der Waals surface area (Å²) in [5.41, 5.74) is 2.43. The van der Waals surface area contributed by atoms with E-state index in [2.05, 4.69) is 24.5 Å². The van der Waals surface area contributed by atoms with Crippen LogP contribution in [0.15, 0.2) is 42.5 Å². The van der Waals surface area contributed by atoms with Crippen LogP contribution in [0.4, 0.5) is 10.5 Å². The largest absolute Gasteiger partial charge is 0.444 e. The van der Waals surface area contributed by atoms with Crippen LogP contribution in [-0.2, 0) is 20.7 Å². The molecule has 7 nitrogen and oxygen atoms in total. The van der Waals surface area contributed by atoms with Crippen molar-refractivity contribution in [2.24, 2.45) is 5.92 Å². The van der Waals surface area contributed by atoms with Gasteiger partial charge in [-0.1, -0.05) is 95.0 Å². The molecule has 0 aliphatic rings. The standard InChI is InChI=1S/C33H48ClN3O4/c1-9-12-13-21-37(31(39)28(22(4)10-2)36-32(40)41-33(6,7)8)29(25-19-17-24(11-3)18-20-25)30(38)35-27-23(5)15-14-16-26(27)34/h14-20,22,28-29H,9-13,21H2,1-8H3,(H,35,38)(H,36,40). The molecule has 0 heterocycles. The Kier molecular flexibility index (Phi) is 13.2. The number of para-hydroxylation sites is 1. The van der Waals surface area contributed by atoms with E-state index in [0.717, 1.165) is 30.4 Å². The molecule has 0 aliphatic heterocycles. The Morgan fingerprint density at radius 2 is 1.66 bits per heavy atom. The molecule has 3 unspecified atom stereocenters. The van der Waals surface area contributed by atoms with E-state index < -0.39 is 23.8 Å². The zero-order valence-corrected chi connectivity index (χ0v) is 26.7. The highest BCUT2D eigenvalue weighted by atomic mass is 35.5. The molecule has 0 fully saturated rings. The van der Waals surface area contributed by atoms with Crippen LogP contribution in [0.5, 0.6) is 0 Å². The molecule has 0 aliphatic carbocycles. The maximum atomic E-state index is 14.4. The lowest BCUT2D eigenvalue weighted by Crippen LogP contribution is -2.55.